The third-order valence-electron chi connectivity index (χ3n) is 2.91. The predicted molar refractivity (Wildman–Crippen MR) is 79.3 cm³/mol. The van der Waals surface area contributed by atoms with Gasteiger partial charge in [-0.3, -0.25) is 11.3 Å². The Morgan fingerprint density at radius 2 is 1.89 bits per heavy atom. The summed E-state index contributed by atoms with van der Waals surface area (Å²) in [5.74, 6) is 5.25. The standard InChI is InChI=1S/C14H13BrClFN2/c15-12-3-1-2-11(14(12)17)13(19-18)8-9-4-6-10(16)7-5-9/h1-7,13,19H,8,18H2. The van der Waals surface area contributed by atoms with E-state index in [-0.39, 0.29) is 11.9 Å². The largest absolute Gasteiger partial charge is 0.271 e. The third kappa shape index (κ3) is 3.54. The summed E-state index contributed by atoms with van der Waals surface area (Å²) in [6, 6.07) is 12.3. The van der Waals surface area contributed by atoms with Crippen molar-refractivity contribution < 1.29 is 4.39 Å². The van der Waals surface area contributed by atoms with Crippen molar-refractivity contribution in [3.05, 3.63) is 68.9 Å². The van der Waals surface area contributed by atoms with Crippen LogP contribution in [0.3, 0.4) is 0 Å². The second-order valence-corrected chi connectivity index (χ2v) is 5.48. The Morgan fingerprint density at radius 3 is 2.53 bits per heavy atom. The Bertz CT molecular complexity index is 560. The van der Waals surface area contributed by atoms with E-state index >= 15 is 0 Å². The van der Waals surface area contributed by atoms with Gasteiger partial charge in [-0.1, -0.05) is 35.9 Å². The van der Waals surface area contributed by atoms with Crippen LogP contribution < -0.4 is 11.3 Å². The number of rotatable bonds is 4. The summed E-state index contributed by atoms with van der Waals surface area (Å²) in [7, 11) is 0. The van der Waals surface area contributed by atoms with Gasteiger partial charge in [0.1, 0.15) is 5.82 Å². The molecule has 0 saturated carbocycles. The maximum atomic E-state index is 14.0. The molecule has 19 heavy (non-hydrogen) atoms. The lowest BCUT2D eigenvalue weighted by Gasteiger charge is -2.17. The van der Waals surface area contributed by atoms with Crippen LogP contribution in [-0.2, 0) is 6.42 Å². The Morgan fingerprint density at radius 1 is 1.21 bits per heavy atom. The summed E-state index contributed by atoms with van der Waals surface area (Å²) in [6.45, 7) is 0. The number of nitrogens with one attached hydrogen (secondary N) is 1. The second kappa shape index (κ2) is 6.48. The molecule has 2 aromatic carbocycles. The number of nitrogens with two attached hydrogens (primary N) is 1. The quantitative estimate of drug-likeness (QED) is 0.651. The highest BCUT2D eigenvalue weighted by atomic mass is 79.9. The summed E-state index contributed by atoms with van der Waals surface area (Å²) in [5, 5.41) is 0.676. The molecule has 0 aromatic heterocycles. The summed E-state index contributed by atoms with van der Waals surface area (Å²) >= 11 is 9.02. The smallest absolute Gasteiger partial charge is 0.142 e. The van der Waals surface area contributed by atoms with Gasteiger partial charge in [-0.05, 0) is 46.1 Å². The number of halogens is 3. The summed E-state index contributed by atoms with van der Waals surface area (Å²) in [5.41, 5.74) is 4.22. The van der Waals surface area contributed by atoms with E-state index in [0.717, 1.165) is 5.56 Å². The lowest BCUT2D eigenvalue weighted by molar-refractivity contribution is 0.508. The topological polar surface area (TPSA) is 38.0 Å². The van der Waals surface area contributed by atoms with E-state index in [2.05, 4.69) is 21.4 Å². The zero-order valence-electron chi connectivity index (χ0n) is 10.0. The number of hydrogen-bond donors (Lipinski definition) is 2. The summed E-state index contributed by atoms with van der Waals surface area (Å²) in [4.78, 5) is 0. The van der Waals surface area contributed by atoms with Gasteiger partial charge in [0, 0.05) is 10.6 Å². The SMILES string of the molecule is NNC(Cc1ccc(Cl)cc1)c1cccc(Br)c1F. The van der Waals surface area contributed by atoms with Gasteiger partial charge in [-0.2, -0.15) is 0 Å². The minimum absolute atomic E-state index is 0.292. The Kier molecular flexibility index (Phi) is 4.93. The maximum absolute atomic E-state index is 14.0. The fourth-order valence-corrected chi connectivity index (χ4v) is 2.41. The van der Waals surface area contributed by atoms with E-state index in [0.29, 0.717) is 21.5 Å². The fourth-order valence-electron chi connectivity index (χ4n) is 1.90. The van der Waals surface area contributed by atoms with Crippen molar-refractivity contribution in [1.82, 2.24) is 5.43 Å². The molecule has 5 heteroatoms. The van der Waals surface area contributed by atoms with Crippen LogP contribution >= 0.6 is 27.5 Å². The molecule has 2 rings (SSSR count). The third-order valence-corrected chi connectivity index (χ3v) is 3.78. The van der Waals surface area contributed by atoms with Gasteiger partial charge in [0.15, 0.2) is 0 Å². The first-order valence-corrected chi connectivity index (χ1v) is 6.93. The Hall–Kier alpha value is -0.940. The van der Waals surface area contributed by atoms with Gasteiger partial charge in [-0.25, -0.2) is 4.39 Å². The lowest BCUT2D eigenvalue weighted by atomic mass is 9.99. The highest BCUT2D eigenvalue weighted by molar-refractivity contribution is 9.10. The van der Waals surface area contributed by atoms with Crippen molar-refractivity contribution in [2.75, 3.05) is 0 Å². The normalized spacial score (nSPS) is 12.4. The molecule has 1 unspecified atom stereocenters. The molecule has 0 saturated heterocycles. The molecule has 0 amide bonds. The number of hydrazine groups is 1. The van der Waals surface area contributed by atoms with Crippen LogP contribution in [0.5, 0.6) is 0 Å². The number of hydrogen-bond acceptors (Lipinski definition) is 2. The van der Waals surface area contributed by atoms with E-state index in [1.54, 1.807) is 18.2 Å². The predicted octanol–water partition coefficient (Wildman–Crippen LogP) is 3.99. The average molecular weight is 344 g/mol. The average Bonchev–Trinajstić information content (AvgIpc) is 2.42. The molecule has 0 spiro atoms. The molecule has 2 nitrogen and oxygen atoms in total. The minimum Gasteiger partial charge on any atom is -0.271 e. The van der Waals surface area contributed by atoms with Gasteiger partial charge in [0.05, 0.1) is 10.5 Å². The summed E-state index contributed by atoms with van der Waals surface area (Å²) < 4.78 is 14.5. The minimum atomic E-state index is -0.293. The zero-order chi connectivity index (χ0) is 13.8. The summed E-state index contributed by atoms with van der Waals surface area (Å²) in [6.07, 6.45) is 0.584. The Labute approximate surface area is 124 Å². The first-order valence-electron chi connectivity index (χ1n) is 5.76. The van der Waals surface area contributed by atoms with Crippen LogP contribution in [0.1, 0.15) is 17.2 Å². The molecular formula is C14H13BrClFN2. The highest BCUT2D eigenvalue weighted by Gasteiger charge is 2.16. The molecule has 0 fully saturated rings. The molecule has 0 heterocycles. The van der Waals surface area contributed by atoms with Crippen LogP contribution in [0.15, 0.2) is 46.9 Å². The van der Waals surface area contributed by atoms with Crippen molar-refractivity contribution in [1.29, 1.82) is 0 Å². The van der Waals surface area contributed by atoms with Crippen LogP contribution in [-0.4, -0.2) is 0 Å². The Balaban J connectivity index is 2.25. The maximum Gasteiger partial charge on any atom is 0.142 e. The van der Waals surface area contributed by atoms with E-state index in [4.69, 9.17) is 17.4 Å². The van der Waals surface area contributed by atoms with E-state index in [1.807, 2.05) is 24.3 Å². The van der Waals surface area contributed by atoms with Crippen LogP contribution in [0, 0.1) is 5.82 Å². The van der Waals surface area contributed by atoms with E-state index in [9.17, 15) is 4.39 Å². The molecule has 3 N–H and O–H groups in total. The second-order valence-electron chi connectivity index (χ2n) is 4.19. The van der Waals surface area contributed by atoms with Crippen LogP contribution in [0.25, 0.3) is 0 Å². The molecule has 100 valence electrons. The van der Waals surface area contributed by atoms with Gasteiger partial charge in [0.2, 0.25) is 0 Å². The van der Waals surface area contributed by atoms with Crippen LogP contribution in [0.4, 0.5) is 4.39 Å². The van der Waals surface area contributed by atoms with Gasteiger partial charge in [-0.15, -0.1) is 0 Å². The lowest BCUT2D eigenvalue weighted by Crippen LogP contribution is -2.30. The highest BCUT2D eigenvalue weighted by Crippen LogP contribution is 2.26. The van der Waals surface area contributed by atoms with Crippen molar-refractivity contribution in [3.8, 4) is 0 Å². The van der Waals surface area contributed by atoms with Gasteiger partial charge in [0.25, 0.3) is 0 Å². The molecule has 1 atom stereocenters. The molecule has 0 aliphatic carbocycles. The monoisotopic (exact) mass is 342 g/mol. The molecule has 0 aliphatic rings. The van der Waals surface area contributed by atoms with Crippen molar-refractivity contribution >= 4 is 27.5 Å². The fraction of sp³-hybridized carbons (Fsp3) is 0.143. The van der Waals surface area contributed by atoms with E-state index in [1.165, 1.54) is 0 Å². The number of benzene rings is 2. The van der Waals surface area contributed by atoms with Gasteiger partial charge < -0.3 is 0 Å². The van der Waals surface area contributed by atoms with E-state index < -0.39 is 0 Å². The van der Waals surface area contributed by atoms with Crippen molar-refractivity contribution in [2.45, 2.75) is 12.5 Å². The molecular weight excluding hydrogens is 331 g/mol. The molecule has 0 bridgehead atoms. The molecule has 2 aromatic rings. The van der Waals surface area contributed by atoms with Gasteiger partial charge >= 0.3 is 0 Å². The molecule has 0 aliphatic heterocycles. The first kappa shape index (κ1) is 14.5. The molecule has 0 radical (unpaired) electrons. The van der Waals surface area contributed by atoms with Crippen molar-refractivity contribution in [3.63, 3.8) is 0 Å². The van der Waals surface area contributed by atoms with Crippen molar-refractivity contribution in [2.24, 2.45) is 5.84 Å². The first-order chi connectivity index (χ1) is 9.11. The van der Waals surface area contributed by atoms with Crippen LogP contribution in [0.2, 0.25) is 5.02 Å². The zero-order valence-corrected chi connectivity index (χ0v) is 12.4.